The number of nitrogens with one attached hydrogen (secondary N) is 1. The van der Waals surface area contributed by atoms with Crippen LogP contribution < -0.4 is 11.1 Å². The summed E-state index contributed by atoms with van der Waals surface area (Å²) in [6.07, 6.45) is 1.43. The van der Waals surface area contributed by atoms with Crippen LogP contribution in [0.3, 0.4) is 0 Å². The molecule has 0 radical (unpaired) electrons. The van der Waals surface area contributed by atoms with Gasteiger partial charge in [-0.05, 0) is 18.4 Å². The summed E-state index contributed by atoms with van der Waals surface area (Å²) < 4.78 is 10.3. The van der Waals surface area contributed by atoms with E-state index in [0.29, 0.717) is 13.2 Å². The van der Waals surface area contributed by atoms with Crippen LogP contribution in [0.25, 0.3) is 0 Å². The maximum Gasteiger partial charge on any atom is 0.308 e. The predicted molar refractivity (Wildman–Crippen MR) is 88.1 cm³/mol. The van der Waals surface area contributed by atoms with Gasteiger partial charge in [0.1, 0.15) is 6.61 Å². The first-order valence-corrected chi connectivity index (χ1v) is 7.48. The first kappa shape index (κ1) is 19.4. The minimum Gasteiger partial charge on any atom is -0.461 e. The van der Waals surface area contributed by atoms with Gasteiger partial charge >= 0.3 is 5.97 Å². The van der Waals surface area contributed by atoms with Gasteiger partial charge in [0.05, 0.1) is 12.5 Å². The van der Waals surface area contributed by atoms with E-state index in [1.807, 2.05) is 30.3 Å². The number of amides is 1. The van der Waals surface area contributed by atoms with Crippen molar-refractivity contribution in [3.8, 4) is 0 Å². The molecule has 1 fully saturated rings. The van der Waals surface area contributed by atoms with Gasteiger partial charge in [0.2, 0.25) is 5.91 Å². The van der Waals surface area contributed by atoms with E-state index in [2.05, 4.69) is 5.32 Å². The number of carbonyl (C=O) groups is 2. The average Bonchev–Trinajstić information content (AvgIpc) is 2.55. The minimum absolute atomic E-state index is 0. The lowest BCUT2D eigenvalue weighted by molar-refractivity contribution is -0.146. The number of hydrogen-bond donors (Lipinski definition) is 2. The standard InChI is InChI=1S/C16H22N2O4.ClH/c17-14(16(20)18-13-6-8-21-9-7-13)10-15(19)22-11-12-4-2-1-3-5-12;/h1-5,13-14H,6-11,17H2,(H,18,20);1H. The first-order valence-electron chi connectivity index (χ1n) is 7.48. The fraction of sp³-hybridized carbons (Fsp3) is 0.500. The third-order valence-electron chi connectivity index (χ3n) is 3.53. The fourth-order valence-corrected chi connectivity index (χ4v) is 2.22. The van der Waals surface area contributed by atoms with Gasteiger partial charge in [-0.2, -0.15) is 0 Å². The normalized spacial score (nSPS) is 16.0. The second-order valence-electron chi connectivity index (χ2n) is 5.35. The number of ether oxygens (including phenoxy) is 2. The van der Waals surface area contributed by atoms with Crippen molar-refractivity contribution in [2.75, 3.05) is 13.2 Å². The van der Waals surface area contributed by atoms with Crippen LogP contribution in [0.15, 0.2) is 30.3 Å². The van der Waals surface area contributed by atoms with Crippen LogP contribution in [-0.4, -0.2) is 37.2 Å². The quantitative estimate of drug-likeness (QED) is 0.757. The van der Waals surface area contributed by atoms with Crippen LogP contribution in [0.1, 0.15) is 24.8 Å². The van der Waals surface area contributed by atoms with Crippen molar-refractivity contribution in [3.05, 3.63) is 35.9 Å². The lowest BCUT2D eigenvalue weighted by Gasteiger charge is -2.24. The van der Waals surface area contributed by atoms with Gasteiger partial charge in [-0.3, -0.25) is 9.59 Å². The van der Waals surface area contributed by atoms with Crippen molar-refractivity contribution in [2.45, 2.75) is 38.0 Å². The number of benzene rings is 1. The van der Waals surface area contributed by atoms with Crippen LogP contribution in [0.4, 0.5) is 0 Å². The molecule has 1 saturated heterocycles. The second kappa shape index (κ2) is 10.2. The molecular formula is C16H23ClN2O4. The molecule has 1 aromatic carbocycles. The van der Waals surface area contributed by atoms with E-state index in [4.69, 9.17) is 15.2 Å². The second-order valence-corrected chi connectivity index (χ2v) is 5.35. The summed E-state index contributed by atoms with van der Waals surface area (Å²) in [6.45, 7) is 1.46. The molecule has 0 saturated carbocycles. The van der Waals surface area contributed by atoms with E-state index in [1.165, 1.54) is 0 Å². The molecule has 1 atom stereocenters. The van der Waals surface area contributed by atoms with Crippen LogP contribution in [-0.2, 0) is 25.7 Å². The molecule has 1 unspecified atom stereocenters. The number of esters is 1. The summed E-state index contributed by atoms with van der Waals surface area (Å²) in [5, 5.41) is 2.85. The van der Waals surface area contributed by atoms with Gasteiger partial charge in [-0.15, -0.1) is 12.4 Å². The number of halogens is 1. The third-order valence-corrected chi connectivity index (χ3v) is 3.53. The Morgan fingerprint density at radius 1 is 1.26 bits per heavy atom. The molecule has 6 nitrogen and oxygen atoms in total. The van der Waals surface area contributed by atoms with Crippen LogP contribution in [0, 0.1) is 0 Å². The number of rotatable bonds is 6. The van der Waals surface area contributed by atoms with Crippen LogP contribution in [0.5, 0.6) is 0 Å². The Balaban J connectivity index is 0.00000264. The Bertz CT molecular complexity index is 492. The van der Waals surface area contributed by atoms with Gasteiger partial charge in [0, 0.05) is 19.3 Å². The number of nitrogens with two attached hydrogens (primary N) is 1. The minimum atomic E-state index is -0.883. The Hall–Kier alpha value is -1.63. The van der Waals surface area contributed by atoms with Crippen molar-refractivity contribution in [1.29, 1.82) is 0 Å². The zero-order valence-electron chi connectivity index (χ0n) is 12.9. The van der Waals surface area contributed by atoms with E-state index < -0.39 is 12.0 Å². The molecule has 1 aliphatic rings. The van der Waals surface area contributed by atoms with E-state index in [1.54, 1.807) is 0 Å². The molecule has 0 bridgehead atoms. The van der Waals surface area contributed by atoms with Gasteiger partial charge in [-0.25, -0.2) is 0 Å². The molecule has 2 rings (SSSR count). The summed E-state index contributed by atoms with van der Waals surface area (Å²) in [7, 11) is 0. The lowest BCUT2D eigenvalue weighted by atomic mass is 10.1. The van der Waals surface area contributed by atoms with Gasteiger partial charge in [-0.1, -0.05) is 30.3 Å². The highest BCUT2D eigenvalue weighted by Gasteiger charge is 2.22. The zero-order valence-corrected chi connectivity index (χ0v) is 13.7. The van der Waals surface area contributed by atoms with E-state index in [9.17, 15) is 9.59 Å². The lowest BCUT2D eigenvalue weighted by Crippen LogP contribution is -2.48. The monoisotopic (exact) mass is 342 g/mol. The van der Waals surface area contributed by atoms with Crippen molar-refractivity contribution >= 4 is 24.3 Å². The topological polar surface area (TPSA) is 90.7 Å². The Morgan fingerprint density at radius 2 is 1.91 bits per heavy atom. The van der Waals surface area contributed by atoms with E-state index >= 15 is 0 Å². The highest BCUT2D eigenvalue weighted by molar-refractivity contribution is 5.86. The number of carbonyl (C=O) groups excluding carboxylic acids is 2. The largest absolute Gasteiger partial charge is 0.461 e. The SMILES string of the molecule is Cl.NC(CC(=O)OCc1ccccc1)C(=O)NC1CCOCC1. The van der Waals surface area contributed by atoms with Gasteiger partial charge < -0.3 is 20.5 Å². The van der Waals surface area contributed by atoms with Gasteiger partial charge in [0.25, 0.3) is 0 Å². The molecule has 1 amide bonds. The third kappa shape index (κ3) is 6.99. The smallest absolute Gasteiger partial charge is 0.308 e. The molecular weight excluding hydrogens is 320 g/mol. The summed E-state index contributed by atoms with van der Waals surface area (Å²) in [6, 6.07) is 8.56. The van der Waals surface area contributed by atoms with Crippen molar-refractivity contribution in [3.63, 3.8) is 0 Å². The average molecular weight is 343 g/mol. The summed E-state index contributed by atoms with van der Waals surface area (Å²) in [5.74, 6) is -0.790. The van der Waals surface area contributed by atoms with E-state index in [0.717, 1.165) is 18.4 Å². The molecule has 7 heteroatoms. The maximum atomic E-state index is 11.9. The molecule has 1 aliphatic heterocycles. The summed E-state index contributed by atoms with van der Waals surface area (Å²) in [4.78, 5) is 23.7. The van der Waals surface area contributed by atoms with Crippen molar-refractivity contribution < 1.29 is 19.1 Å². The molecule has 0 aromatic heterocycles. The molecule has 0 aliphatic carbocycles. The van der Waals surface area contributed by atoms with Crippen LogP contribution in [0.2, 0.25) is 0 Å². The van der Waals surface area contributed by atoms with Gasteiger partial charge in [0.15, 0.2) is 0 Å². The fourth-order valence-electron chi connectivity index (χ4n) is 2.22. The highest BCUT2D eigenvalue weighted by atomic mass is 35.5. The molecule has 0 spiro atoms. The zero-order chi connectivity index (χ0) is 15.8. The number of hydrogen-bond acceptors (Lipinski definition) is 5. The Kier molecular flexibility index (Phi) is 8.61. The summed E-state index contributed by atoms with van der Waals surface area (Å²) in [5.41, 5.74) is 6.66. The molecule has 23 heavy (non-hydrogen) atoms. The van der Waals surface area contributed by atoms with E-state index in [-0.39, 0.29) is 37.4 Å². The molecule has 1 aromatic rings. The molecule has 128 valence electrons. The first-order chi connectivity index (χ1) is 10.6. The van der Waals surface area contributed by atoms with Crippen molar-refractivity contribution in [2.24, 2.45) is 5.73 Å². The highest BCUT2D eigenvalue weighted by Crippen LogP contribution is 2.07. The van der Waals surface area contributed by atoms with Crippen LogP contribution >= 0.6 is 12.4 Å². The predicted octanol–water partition coefficient (Wildman–Crippen LogP) is 1.16. The molecule has 1 heterocycles. The summed E-state index contributed by atoms with van der Waals surface area (Å²) >= 11 is 0. The Labute approximate surface area is 142 Å². The molecule has 3 N–H and O–H groups in total. The van der Waals surface area contributed by atoms with Crippen molar-refractivity contribution in [1.82, 2.24) is 5.32 Å². The Morgan fingerprint density at radius 3 is 2.57 bits per heavy atom. The maximum absolute atomic E-state index is 11.9.